The van der Waals surface area contributed by atoms with E-state index in [4.69, 9.17) is 4.74 Å². The first-order chi connectivity index (χ1) is 6.81. The van der Waals surface area contributed by atoms with Gasteiger partial charge in [0.15, 0.2) is 0 Å². The smallest absolute Gasteiger partial charge is 0.142 e. The van der Waals surface area contributed by atoms with E-state index in [9.17, 15) is 0 Å². The molecule has 14 heavy (non-hydrogen) atoms. The van der Waals surface area contributed by atoms with Crippen LogP contribution >= 0.6 is 15.9 Å². The van der Waals surface area contributed by atoms with Crippen LogP contribution in [-0.4, -0.2) is 16.6 Å². The van der Waals surface area contributed by atoms with E-state index >= 15 is 0 Å². The Labute approximate surface area is 90.6 Å². The molecule has 2 aromatic heterocycles. The monoisotopic (exact) mass is 254 g/mol. The first-order valence-corrected chi connectivity index (χ1v) is 5.37. The van der Waals surface area contributed by atoms with Gasteiger partial charge in [-0.1, -0.05) is 6.92 Å². The minimum absolute atomic E-state index is 0.733. The number of rotatable bonds is 3. The lowest BCUT2D eigenvalue weighted by Gasteiger charge is -2.05. The largest absolute Gasteiger partial charge is 0.493 e. The zero-order valence-corrected chi connectivity index (χ0v) is 9.47. The molecule has 0 radical (unpaired) electrons. The fraction of sp³-hybridized carbons (Fsp3) is 0.300. The molecular formula is C10H11BrN2O. The van der Waals surface area contributed by atoms with E-state index in [0.717, 1.165) is 34.4 Å². The highest BCUT2D eigenvalue weighted by Crippen LogP contribution is 2.26. The molecule has 0 saturated heterocycles. The fourth-order valence-corrected chi connectivity index (χ4v) is 1.69. The topological polar surface area (TPSA) is 37.9 Å². The van der Waals surface area contributed by atoms with E-state index in [1.165, 1.54) is 0 Å². The number of aromatic amines is 1. The van der Waals surface area contributed by atoms with Crippen molar-refractivity contribution in [2.24, 2.45) is 0 Å². The van der Waals surface area contributed by atoms with Gasteiger partial charge < -0.3 is 9.72 Å². The Kier molecular flexibility index (Phi) is 2.72. The summed E-state index contributed by atoms with van der Waals surface area (Å²) in [5.74, 6) is 0.880. The normalized spacial score (nSPS) is 10.7. The first kappa shape index (κ1) is 9.52. The van der Waals surface area contributed by atoms with Gasteiger partial charge in [0.2, 0.25) is 0 Å². The number of pyridine rings is 1. The van der Waals surface area contributed by atoms with E-state index in [-0.39, 0.29) is 0 Å². The molecule has 0 saturated carbocycles. The van der Waals surface area contributed by atoms with Gasteiger partial charge in [0.1, 0.15) is 16.0 Å². The number of ether oxygens (including phenoxy) is 1. The van der Waals surface area contributed by atoms with Crippen LogP contribution in [0.25, 0.3) is 11.0 Å². The van der Waals surface area contributed by atoms with Crippen molar-refractivity contribution in [1.82, 2.24) is 9.97 Å². The van der Waals surface area contributed by atoms with Gasteiger partial charge in [0, 0.05) is 12.3 Å². The molecule has 2 rings (SSSR count). The standard InChI is InChI=1S/C10H11BrN2O/c1-2-5-14-8-6-9(11)13-10-7(8)3-4-12-10/h3-4,6H,2,5H2,1H3,(H,12,13). The minimum Gasteiger partial charge on any atom is -0.493 e. The maximum absolute atomic E-state index is 5.62. The maximum atomic E-state index is 5.62. The lowest BCUT2D eigenvalue weighted by molar-refractivity contribution is 0.321. The van der Waals surface area contributed by atoms with Gasteiger partial charge in [0.05, 0.1) is 12.0 Å². The van der Waals surface area contributed by atoms with E-state index < -0.39 is 0 Å². The summed E-state index contributed by atoms with van der Waals surface area (Å²) in [6.45, 7) is 2.82. The van der Waals surface area contributed by atoms with Gasteiger partial charge in [-0.05, 0) is 28.4 Å². The molecular weight excluding hydrogens is 244 g/mol. The van der Waals surface area contributed by atoms with E-state index in [1.54, 1.807) is 0 Å². The Balaban J connectivity index is 2.44. The Morgan fingerprint density at radius 2 is 2.43 bits per heavy atom. The van der Waals surface area contributed by atoms with Crippen molar-refractivity contribution in [3.63, 3.8) is 0 Å². The van der Waals surface area contributed by atoms with Crippen LogP contribution in [0.3, 0.4) is 0 Å². The third-order valence-corrected chi connectivity index (χ3v) is 2.33. The summed E-state index contributed by atoms with van der Waals surface area (Å²) in [6, 6.07) is 3.87. The van der Waals surface area contributed by atoms with Crippen molar-refractivity contribution >= 4 is 27.0 Å². The lowest BCUT2D eigenvalue weighted by Crippen LogP contribution is -1.96. The highest BCUT2D eigenvalue weighted by atomic mass is 79.9. The molecule has 2 aromatic rings. The number of halogens is 1. The summed E-state index contributed by atoms with van der Waals surface area (Å²) >= 11 is 3.35. The summed E-state index contributed by atoms with van der Waals surface area (Å²) in [7, 11) is 0. The van der Waals surface area contributed by atoms with Crippen molar-refractivity contribution in [2.45, 2.75) is 13.3 Å². The van der Waals surface area contributed by atoms with Gasteiger partial charge in [-0.15, -0.1) is 0 Å². The van der Waals surface area contributed by atoms with Crippen molar-refractivity contribution < 1.29 is 4.74 Å². The predicted octanol–water partition coefficient (Wildman–Crippen LogP) is 3.11. The van der Waals surface area contributed by atoms with Crippen molar-refractivity contribution in [3.8, 4) is 5.75 Å². The molecule has 0 bridgehead atoms. The SMILES string of the molecule is CCCOc1cc(Br)nc2[nH]ccc12. The van der Waals surface area contributed by atoms with Gasteiger partial charge >= 0.3 is 0 Å². The molecule has 0 aliphatic rings. The van der Waals surface area contributed by atoms with Crippen LogP contribution in [0.1, 0.15) is 13.3 Å². The molecule has 0 aliphatic heterocycles. The Morgan fingerprint density at radius 1 is 1.57 bits per heavy atom. The number of aromatic nitrogens is 2. The van der Waals surface area contributed by atoms with Crippen molar-refractivity contribution in [3.05, 3.63) is 22.9 Å². The molecule has 3 nitrogen and oxygen atoms in total. The fourth-order valence-electron chi connectivity index (χ4n) is 1.31. The summed E-state index contributed by atoms with van der Waals surface area (Å²) in [5.41, 5.74) is 0.852. The quantitative estimate of drug-likeness (QED) is 0.855. The Hall–Kier alpha value is -1.03. The average Bonchev–Trinajstić information content (AvgIpc) is 2.61. The molecule has 74 valence electrons. The summed E-state index contributed by atoms with van der Waals surface area (Å²) in [6.07, 6.45) is 2.87. The van der Waals surface area contributed by atoms with Crippen LogP contribution in [0, 0.1) is 0 Å². The molecule has 1 N–H and O–H groups in total. The summed E-state index contributed by atoms with van der Waals surface area (Å²) < 4.78 is 6.41. The second kappa shape index (κ2) is 4.00. The van der Waals surface area contributed by atoms with Gasteiger partial charge in [-0.3, -0.25) is 0 Å². The molecule has 0 atom stereocenters. The van der Waals surface area contributed by atoms with E-state index in [0.29, 0.717) is 0 Å². The number of fused-ring (bicyclic) bond motifs is 1. The molecule has 0 amide bonds. The highest BCUT2D eigenvalue weighted by Gasteiger charge is 2.05. The van der Waals surface area contributed by atoms with Crippen LogP contribution in [0.4, 0.5) is 0 Å². The lowest BCUT2D eigenvalue weighted by atomic mass is 10.3. The molecule has 0 aromatic carbocycles. The molecule has 0 spiro atoms. The van der Waals surface area contributed by atoms with E-state index in [2.05, 4.69) is 32.8 Å². The number of nitrogens with one attached hydrogen (secondary N) is 1. The van der Waals surface area contributed by atoms with Crippen LogP contribution in [0.5, 0.6) is 5.75 Å². The molecule has 2 heterocycles. The molecule has 4 heteroatoms. The maximum Gasteiger partial charge on any atom is 0.142 e. The Morgan fingerprint density at radius 3 is 3.21 bits per heavy atom. The molecule has 0 unspecified atom stereocenters. The second-order valence-corrected chi connectivity index (χ2v) is 3.84. The zero-order valence-electron chi connectivity index (χ0n) is 7.88. The first-order valence-electron chi connectivity index (χ1n) is 4.57. The van der Waals surface area contributed by atoms with Crippen molar-refractivity contribution in [2.75, 3.05) is 6.61 Å². The number of hydrogen-bond donors (Lipinski definition) is 1. The summed E-state index contributed by atoms with van der Waals surface area (Å²) in [5, 5.41) is 1.03. The van der Waals surface area contributed by atoms with Gasteiger partial charge in [-0.2, -0.15) is 0 Å². The van der Waals surface area contributed by atoms with Crippen LogP contribution in [0.2, 0.25) is 0 Å². The van der Waals surface area contributed by atoms with Crippen molar-refractivity contribution in [1.29, 1.82) is 0 Å². The number of nitrogens with zero attached hydrogens (tertiary/aromatic N) is 1. The third kappa shape index (κ3) is 1.75. The minimum atomic E-state index is 0.733. The zero-order chi connectivity index (χ0) is 9.97. The van der Waals surface area contributed by atoms with Gasteiger partial charge in [0.25, 0.3) is 0 Å². The Bertz CT molecular complexity index is 439. The average molecular weight is 255 g/mol. The highest BCUT2D eigenvalue weighted by molar-refractivity contribution is 9.10. The van der Waals surface area contributed by atoms with Gasteiger partial charge in [-0.25, -0.2) is 4.98 Å². The number of hydrogen-bond acceptors (Lipinski definition) is 2. The van der Waals surface area contributed by atoms with E-state index in [1.807, 2.05) is 18.3 Å². The molecule has 0 aliphatic carbocycles. The number of H-pyrrole nitrogens is 1. The predicted molar refractivity (Wildman–Crippen MR) is 59.6 cm³/mol. The van der Waals surface area contributed by atoms with Crippen LogP contribution in [-0.2, 0) is 0 Å². The van der Waals surface area contributed by atoms with Crippen LogP contribution < -0.4 is 4.74 Å². The summed E-state index contributed by atoms with van der Waals surface area (Å²) in [4.78, 5) is 7.34. The molecule has 0 fully saturated rings. The van der Waals surface area contributed by atoms with Crippen LogP contribution in [0.15, 0.2) is 22.9 Å². The second-order valence-electron chi connectivity index (χ2n) is 3.03. The third-order valence-electron chi connectivity index (χ3n) is 1.92.